The molecule has 0 bridgehead atoms. The van der Waals surface area contributed by atoms with Gasteiger partial charge in [0.05, 0.1) is 43.3 Å². The van der Waals surface area contributed by atoms with E-state index in [-0.39, 0.29) is 35.8 Å². The Morgan fingerprint density at radius 2 is 1.64 bits per heavy atom. The first-order chi connectivity index (χ1) is 28.9. The number of benzene rings is 1. The average molecular weight is 806 g/mol. The summed E-state index contributed by atoms with van der Waals surface area (Å²) in [7, 11) is 1.39. The van der Waals surface area contributed by atoms with Crippen LogP contribution in [0.3, 0.4) is 0 Å². The molecule has 59 heavy (non-hydrogen) atoms. The fourth-order valence-electron chi connectivity index (χ4n) is 8.34. The van der Waals surface area contributed by atoms with Gasteiger partial charge in [-0.2, -0.15) is 15.1 Å². The number of piperidine rings is 1. The molecule has 9 heterocycles. The highest BCUT2D eigenvalue weighted by atomic mass is 19.1. The molecule has 2 atom stereocenters. The Labute approximate surface area is 336 Å². The van der Waals surface area contributed by atoms with Gasteiger partial charge in [-0.25, -0.2) is 14.2 Å². The van der Waals surface area contributed by atoms with Gasteiger partial charge in [-0.3, -0.25) is 14.5 Å². The van der Waals surface area contributed by atoms with Crippen LogP contribution in [-0.2, 0) is 14.2 Å². The van der Waals surface area contributed by atoms with E-state index in [1.165, 1.54) is 25.4 Å². The summed E-state index contributed by atoms with van der Waals surface area (Å²) in [6.07, 6.45) is 4.66. The molecule has 4 fully saturated rings. The van der Waals surface area contributed by atoms with Gasteiger partial charge in [0.25, 0.3) is 23.6 Å². The zero-order valence-electron chi connectivity index (χ0n) is 32.1. The molecule has 2 unspecified atom stereocenters. The number of carbonyl (C=O) groups is 2. The summed E-state index contributed by atoms with van der Waals surface area (Å²) in [6.45, 7) is 4.42. The fraction of sp³-hybridized carbons (Fsp3) is 0.425. The molecular weight excluding hydrogens is 766 g/mol. The molecule has 304 valence electrons. The molecule has 4 aliphatic rings. The molecule has 10 rings (SSSR count). The van der Waals surface area contributed by atoms with Crippen molar-refractivity contribution >= 4 is 28.9 Å². The highest BCUT2D eigenvalue weighted by Gasteiger charge is 2.37. The maximum Gasteiger partial charge on any atom is 0.409 e. The Hall–Kier alpha value is -6.34. The number of pyridine rings is 2. The summed E-state index contributed by atoms with van der Waals surface area (Å²) in [6, 6.07) is 12.6. The number of hydrogen-bond acceptors (Lipinski definition) is 15. The predicted octanol–water partition coefficient (Wildman–Crippen LogP) is 4.79. The summed E-state index contributed by atoms with van der Waals surface area (Å²) < 4.78 is 44.6. The summed E-state index contributed by atoms with van der Waals surface area (Å²) in [5.74, 6) is 0.711. The number of rotatable bonds is 8. The summed E-state index contributed by atoms with van der Waals surface area (Å²) in [4.78, 5) is 48.2. The van der Waals surface area contributed by atoms with Crippen LogP contribution in [0.5, 0.6) is 0 Å². The molecule has 5 aromatic heterocycles. The van der Waals surface area contributed by atoms with Crippen molar-refractivity contribution in [2.45, 2.75) is 43.2 Å². The van der Waals surface area contributed by atoms with Crippen LogP contribution < -0.4 is 4.90 Å². The Morgan fingerprint density at radius 3 is 2.42 bits per heavy atom. The standard InChI is InChI=1S/C40H40FN11O7/c1-55-40(54)51-12-7-23(8-13-51)35-44-36(58-47-35)25-6-11-42-30(19-25)34-28(9-18-57-34)32-27-5-4-24(20-31(27)52(46-32)26-21-56-22-26)37-45-39(48-59-37)50-16-14-49(15-17-50)38(53)33-29(41)3-2-10-43-33/h2-6,10-11,19-20,23,26,28,34H,7-9,12-18,21-22H2,1H3. The van der Waals surface area contributed by atoms with Crippen LogP contribution in [0.15, 0.2) is 63.9 Å². The van der Waals surface area contributed by atoms with Crippen molar-refractivity contribution < 1.29 is 37.2 Å². The van der Waals surface area contributed by atoms with Crippen LogP contribution in [0.1, 0.15) is 70.9 Å². The van der Waals surface area contributed by atoms with E-state index in [0.29, 0.717) is 82.6 Å². The number of hydrogen-bond donors (Lipinski definition) is 0. The van der Waals surface area contributed by atoms with Gasteiger partial charge < -0.3 is 38.0 Å². The summed E-state index contributed by atoms with van der Waals surface area (Å²) in [5.41, 5.74) is 3.88. The van der Waals surface area contributed by atoms with E-state index in [4.69, 9.17) is 43.3 Å². The number of halogens is 1. The SMILES string of the molecule is COC(=O)N1CCC(c2noc(-c3ccnc(C4OCCC4c4nn(C5COC5)c5cc(-c6nc(N7CCN(C(=O)c8ncccc8F)CC7)no6)ccc45)c3)n2)CC1. The van der Waals surface area contributed by atoms with E-state index in [9.17, 15) is 14.0 Å². The topological polar surface area (TPSA) is 193 Å². The first-order valence-electron chi connectivity index (χ1n) is 19.7. The number of piperazine rings is 1. The van der Waals surface area contributed by atoms with E-state index in [2.05, 4.69) is 15.3 Å². The van der Waals surface area contributed by atoms with E-state index >= 15 is 0 Å². The second-order valence-electron chi connectivity index (χ2n) is 15.1. The van der Waals surface area contributed by atoms with Crippen LogP contribution in [0.25, 0.3) is 33.8 Å². The quantitative estimate of drug-likeness (QED) is 0.204. The van der Waals surface area contributed by atoms with Crippen molar-refractivity contribution in [2.75, 3.05) is 71.1 Å². The molecular formula is C40H40FN11O7. The molecule has 6 aromatic rings. The zero-order valence-corrected chi connectivity index (χ0v) is 32.1. The third-order valence-electron chi connectivity index (χ3n) is 11.7. The number of methoxy groups -OCH3 is 1. The molecule has 18 nitrogen and oxygen atoms in total. The van der Waals surface area contributed by atoms with Gasteiger partial charge in [-0.05, 0) is 60.8 Å². The fourth-order valence-corrected chi connectivity index (χ4v) is 8.34. The molecule has 0 saturated carbocycles. The van der Waals surface area contributed by atoms with Crippen molar-refractivity contribution in [1.82, 2.24) is 49.8 Å². The average Bonchev–Trinajstić information content (AvgIpc) is 4.10. The molecule has 4 aliphatic heterocycles. The van der Waals surface area contributed by atoms with E-state index in [1.54, 1.807) is 16.0 Å². The minimum Gasteiger partial charge on any atom is -0.453 e. The third kappa shape index (κ3) is 6.92. The molecule has 1 aromatic carbocycles. The minimum atomic E-state index is -0.639. The van der Waals surface area contributed by atoms with Crippen molar-refractivity contribution in [3.63, 3.8) is 0 Å². The van der Waals surface area contributed by atoms with Gasteiger partial charge in [0.2, 0.25) is 0 Å². The van der Waals surface area contributed by atoms with Gasteiger partial charge in [0.15, 0.2) is 17.3 Å². The predicted molar refractivity (Wildman–Crippen MR) is 205 cm³/mol. The third-order valence-corrected chi connectivity index (χ3v) is 11.7. The summed E-state index contributed by atoms with van der Waals surface area (Å²) >= 11 is 0. The second-order valence-corrected chi connectivity index (χ2v) is 15.1. The normalized spacial score (nSPS) is 20.3. The number of ether oxygens (including phenoxy) is 3. The molecule has 4 saturated heterocycles. The summed E-state index contributed by atoms with van der Waals surface area (Å²) in [5, 5.41) is 14.8. The molecule has 0 aliphatic carbocycles. The number of amides is 2. The number of fused-ring (bicyclic) bond motifs is 1. The van der Waals surface area contributed by atoms with Crippen LogP contribution >= 0.6 is 0 Å². The Kier molecular flexibility index (Phi) is 9.67. The van der Waals surface area contributed by atoms with E-state index < -0.39 is 11.7 Å². The highest BCUT2D eigenvalue weighted by molar-refractivity contribution is 5.92. The minimum absolute atomic E-state index is 0.0694. The van der Waals surface area contributed by atoms with Crippen molar-refractivity contribution in [3.05, 3.63) is 83.6 Å². The largest absolute Gasteiger partial charge is 0.453 e. The lowest BCUT2D eigenvalue weighted by atomic mass is 9.92. The van der Waals surface area contributed by atoms with Crippen LogP contribution in [0.2, 0.25) is 0 Å². The number of aromatic nitrogens is 8. The Balaban J connectivity index is 0.865. The van der Waals surface area contributed by atoms with Gasteiger partial charge in [-0.15, -0.1) is 0 Å². The molecule has 19 heteroatoms. The lowest BCUT2D eigenvalue weighted by molar-refractivity contribution is -0.0269. The van der Waals surface area contributed by atoms with E-state index in [0.717, 1.165) is 52.7 Å². The smallest absolute Gasteiger partial charge is 0.409 e. The maximum atomic E-state index is 14.2. The van der Waals surface area contributed by atoms with Crippen molar-refractivity contribution in [1.29, 1.82) is 0 Å². The maximum absolute atomic E-state index is 14.2. The van der Waals surface area contributed by atoms with Crippen LogP contribution in [0.4, 0.5) is 15.1 Å². The molecule has 0 N–H and O–H groups in total. The van der Waals surface area contributed by atoms with Gasteiger partial charge in [0.1, 0.15) is 6.10 Å². The molecule has 2 amide bonds. The van der Waals surface area contributed by atoms with Gasteiger partial charge in [0, 0.05) is 86.6 Å². The lowest BCUT2D eigenvalue weighted by Crippen LogP contribution is -2.49. The monoisotopic (exact) mass is 805 g/mol. The van der Waals surface area contributed by atoms with Gasteiger partial charge >= 0.3 is 6.09 Å². The Morgan fingerprint density at radius 1 is 0.847 bits per heavy atom. The highest BCUT2D eigenvalue weighted by Crippen LogP contribution is 2.45. The molecule has 0 radical (unpaired) electrons. The van der Waals surface area contributed by atoms with Crippen LogP contribution in [0, 0.1) is 5.82 Å². The van der Waals surface area contributed by atoms with Gasteiger partial charge in [-0.1, -0.05) is 11.2 Å². The first-order valence-corrected chi connectivity index (χ1v) is 19.7. The zero-order chi connectivity index (χ0) is 40.0. The van der Waals surface area contributed by atoms with E-state index in [1.807, 2.05) is 39.9 Å². The van der Waals surface area contributed by atoms with Crippen LogP contribution in [-0.4, -0.2) is 128 Å². The Bertz CT molecular complexity index is 2500. The molecule has 0 spiro atoms. The number of anilines is 1. The number of likely N-dealkylation sites (tertiary alicyclic amines) is 1. The van der Waals surface area contributed by atoms with Crippen molar-refractivity contribution in [3.8, 4) is 22.9 Å². The number of nitrogens with zero attached hydrogens (tertiary/aromatic N) is 11. The second kappa shape index (κ2) is 15.4. The lowest BCUT2D eigenvalue weighted by Gasteiger charge is -2.33. The van der Waals surface area contributed by atoms with Crippen molar-refractivity contribution in [2.24, 2.45) is 0 Å². The first kappa shape index (κ1) is 37.0. The number of carbonyl (C=O) groups excluding carboxylic acids is 2.